The van der Waals surface area contributed by atoms with Gasteiger partial charge in [-0.15, -0.1) is 0 Å². The van der Waals surface area contributed by atoms with Gasteiger partial charge in [0, 0.05) is 0 Å². The molecule has 0 amide bonds. The summed E-state index contributed by atoms with van der Waals surface area (Å²) in [6, 6.07) is 12.6. The third kappa shape index (κ3) is 1.76. The van der Waals surface area contributed by atoms with E-state index in [1.165, 1.54) is 16.3 Å². The molecular formula is C12H13NS. The molecule has 0 aliphatic carbocycles. The van der Waals surface area contributed by atoms with Gasteiger partial charge in [-0.05, 0) is 29.3 Å². The van der Waals surface area contributed by atoms with Crippen LogP contribution in [0, 0.1) is 6.92 Å². The number of benzene rings is 2. The van der Waals surface area contributed by atoms with Gasteiger partial charge in [-0.1, -0.05) is 35.9 Å². The predicted octanol–water partition coefficient (Wildman–Crippen LogP) is 3.04. The normalized spacial score (nSPS) is 13.1. The highest BCUT2D eigenvalue weighted by Crippen LogP contribution is 2.21. The first-order valence-corrected chi connectivity index (χ1v) is 5.12. The van der Waals surface area contributed by atoms with Gasteiger partial charge in [0.1, 0.15) is 0 Å². The van der Waals surface area contributed by atoms with Crippen molar-refractivity contribution < 1.29 is 0 Å². The van der Waals surface area contributed by atoms with Crippen molar-refractivity contribution in [3.05, 3.63) is 47.5 Å². The van der Waals surface area contributed by atoms with Gasteiger partial charge in [-0.3, -0.25) is 0 Å². The Balaban J connectivity index is 2.62. The summed E-state index contributed by atoms with van der Waals surface area (Å²) in [6.45, 7) is 2.09. The second kappa shape index (κ2) is 3.64. The maximum Gasteiger partial charge on any atom is 0.0734 e. The van der Waals surface area contributed by atoms with Crippen molar-refractivity contribution in [1.82, 2.24) is 0 Å². The summed E-state index contributed by atoms with van der Waals surface area (Å²) in [6.07, 6.45) is 0. The highest BCUT2D eigenvalue weighted by atomic mass is 32.1. The van der Waals surface area contributed by atoms with Crippen LogP contribution in [-0.2, 0) is 0 Å². The molecule has 0 radical (unpaired) electrons. The summed E-state index contributed by atoms with van der Waals surface area (Å²) < 4.78 is 0. The number of nitrogens with two attached hydrogens (primary N) is 1. The molecule has 2 heteroatoms. The van der Waals surface area contributed by atoms with Crippen LogP contribution in [0.5, 0.6) is 0 Å². The lowest BCUT2D eigenvalue weighted by Crippen LogP contribution is -2.01. The van der Waals surface area contributed by atoms with E-state index in [1.807, 2.05) is 6.07 Å². The minimum atomic E-state index is -0.194. The lowest BCUT2D eigenvalue weighted by Gasteiger charge is -2.06. The zero-order valence-electron chi connectivity index (χ0n) is 8.07. The van der Waals surface area contributed by atoms with Gasteiger partial charge in [-0.2, -0.15) is 12.6 Å². The highest BCUT2D eigenvalue weighted by Gasteiger charge is 2.01. The van der Waals surface area contributed by atoms with E-state index in [-0.39, 0.29) is 5.37 Å². The minimum absolute atomic E-state index is 0.194. The maximum atomic E-state index is 5.70. The van der Waals surface area contributed by atoms with E-state index < -0.39 is 0 Å². The standard InChI is InChI=1S/C12H13NS/c1-8-2-3-10-7-11(12(13)14)5-4-9(10)6-8/h2-7,12,14H,13H2,1H3. The summed E-state index contributed by atoms with van der Waals surface area (Å²) in [7, 11) is 0. The molecule has 0 bridgehead atoms. The lowest BCUT2D eigenvalue weighted by molar-refractivity contribution is 1.05. The van der Waals surface area contributed by atoms with Gasteiger partial charge in [-0.25, -0.2) is 0 Å². The number of rotatable bonds is 1. The number of thiol groups is 1. The number of hydrogen-bond donors (Lipinski definition) is 2. The maximum absolute atomic E-state index is 5.70. The molecule has 72 valence electrons. The largest absolute Gasteiger partial charge is 0.316 e. The summed E-state index contributed by atoms with van der Waals surface area (Å²) in [5.74, 6) is 0. The van der Waals surface area contributed by atoms with Crippen LogP contribution in [0.3, 0.4) is 0 Å². The zero-order valence-corrected chi connectivity index (χ0v) is 8.96. The lowest BCUT2D eigenvalue weighted by atomic mass is 10.0. The summed E-state index contributed by atoms with van der Waals surface area (Å²) in [5, 5.41) is 2.28. The molecule has 2 aromatic rings. The molecule has 2 rings (SSSR count). The number of hydrogen-bond acceptors (Lipinski definition) is 2. The molecule has 0 aliphatic rings. The Kier molecular flexibility index (Phi) is 2.48. The van der Waals surface area contributed by atoms with Crippen molar-refractivity contribution in [2.24, 2.45) is 5.73 Å². The van der Waals surface area contributed by atoms with Crippen molar-refractivity contribution in [3.63, 3.8) is 0 Å². The summed E-state index contributed by atoms with van der Waals surface area (Å²) in [4.78, 5) is 0. The molecule has 14 heavy (non-hydrogen) atoms. The van der Waals surface area contributed by atoms with Crippen molar-refractivity contribution in [1.29, 1.82) is 0 Å². The van der Waals surface area contributed by atoms with E-state index in [1.54, 1.807) is 0 Å². The number of fused-ring (bicyclic) bond motifs is 1. The van der Waals surface area contributed by atoms with Crippen LogP contribution in [0.15, 0.2) is 36.4 Å². The van der Waals surface area contributed by atoms with Gasteiger partial charge >= 0.3 is 0 Å². The molecule has 1 nitrogen and oxygen atoms in total. The SMILES string of the molecule is Cc1ccc2cc(C(N)S)ccc2c1. The first kappa shape index (κ1) is 9.56. The van der Waals surface area contributed by atoms with E-state index >= 15 is 0 Å². The molecule has 0 saturated heterocycles. The Bertz CT molecular complexity index is 463. The molecule has 0 heterocycles. The Labute approximate surface area is 89.3 Å². The quantitative estimate of drug-likeness (QED) is 0.540. The topological polar surface area (TPSA) is 26.0 Å². The zero-order chi connectivity index (χ0) is 10.1. The molecule has 0 aliphatic heterocycles. The Morgan fingerprint density at radius 3 is 2.43 bits per heavy atom. The monoisotopic (exact) mass is 203 g/mol. The van der Waals surface area contributed by atoms with Crippen LogP contribution < -0.4 is 5.73 Å². The van der Waals surface area contributed by atoms with Crippen LogP contribution in [0.1, 0.15) is 16.5 Å². The van der Waals surface area contributed by atoms with Crippen LogP contribution in [-0.4, -0.2) is 0 Å². The molecule has 2 N–H and O–H groups in total. The van der Waals surface area contributed by atoms with E-state index in [0.717, 1.165) is 5.56 Å². The van der Waals surface area contributed by atoms with Crippen LogP contribution in [0.4, 0.5) is 0 Å². The highest BCUT2D eigenvalue weighted by molar-refractivity contribution is 7.80. The minimum Gasteiger partial charge on any atom is -0.316 e. The van der Waals surface area contributed by atoms with Crippen molar-refractivity contribution >= 4 is 23.4 Å². The number of aryl methyl sites for hydroxylation is 1. The van der Waals surface area contributed by atoms with Crippen LogP contribution in [0.25, 0.3) is 10.8 Å². The third-order valence-corrected chi connectivity index (χ3v) is 2.66. The fourth-order valence-electron chi connectivity index (χ4n) is 1.57. The van der Waals surface area contributed by atoms with Crippen molar-refractivity contribution in [2.45, 2.75) is 12.3 Å². The summed E-state index contributed by atoms with van der Waals surface area (Å²) in [5.41, 5.74) is 8.04. The van der Waals surface area contributed by atoms with Crippen LogP contribution in [0.2, 0.25) is 0 Å². The third-order valence-electron chi connectivity index (χ3n) is 2.36. The van der Waals surface area contributed by atoms with Gasteiger partial charge in [0.2, 0.25) is 0 Å². The average molecular weight is 203 g/mol. The van der Waals surface area contributed by atoms with Crippen molar-refractivity contribution in [3.8, 4) is 0 Å². The Morgan fingerprint density at radius 2 is 1.71 bits per heavy atom. The fraction of sp³-hybridized carbons (Fsp3) is 0.167. The first-order valence-electron chi connectivity index (χ1n) is 4.61. The van der Waals surface area contributed by atoms with Gasteiger partial charge < -0.3 is 5.73 Å². The first-order chi connectivity index (χ1) is 6.66. The molecule has 0 aromatic heterocycles. The second-order valence-electron chi connectivity index (χ2n) is 3.55. The fourth-order valence-corrected chi connectivity index (χ4v) is 1.73. The molecule has 1 unspecified atom stereocenters. The average Bonchev–Trinajstić information content (AvgIpc) is 2.16. The smallest absolute Gasteiger partial charge is 0.0734 e. The van der Waals surface area contributed by atoms with Crippen LogP contribution >= 0.6 is 12.6 Å². The second-order valence-corrected chi connectivity index (χ2v) is 4.11. The van der Waals surface area contributed by atoms with Crippen molar-refractivity contribution in [2.75, 3.05) is 0 Å². The van der Waals surface area contributed by atoms with E-state index in [9.17, 15) is 0 Å². The van der Waals surface area contributed by atoms with Gasteiger partial charge in [0.15, 0.2) is 0 Å². The predicted molar refractivity (Wildman–Crippen MR) is 64.6 cm³/mol. The summed E-state index contributed by atoms with van der Waals surface area (Å²) >= 11 is 4.21. The van der Waals surface area contributed by atoms with Gasteiger partial charge in [0.05, 0.1) is 5.37 Å². The van der Waals surface area contributed by atoms with Gasteiger partial charge in [0.25, 0.3) is 0 Å². The molecule has 0 saturated carbocycles. The Hall–Kier alpha value is -0.990. The molecular weight excluding hydrogens is 190 g/mol. The van der Waals surface area contributed by atoms with E-state index in [0.29, 0.717) is 0 Å². The molecule has 0 fully saturated rings. The Morgan fingerprint density at radius 1 is 1.07 bits per heavy atom. The molecule has 0 spiro atoms. The molecule has 1 atom stereocenters. The van der Waals surface area contributed by atoms with E-state index in [2.05, 4.69) is 49.9 Å². The van der Waals surface area contributed by atoms with E-state index in [4.69, 9.17) is 5.73 Å². The molecule has 2 aromatic carbocycles.